The zero-order valence-corrected chi connectivity index (χ0v) is 17.7. The van der Waals surface area contributed by atoms with Crippen molar-refractivity contribution in [3.8, 4) is 0 Å². The molecule has 1 aliphatic heterocycles. The normalized spacial score (nSPS) is 14.7. The summed E-state index contributed by atoms with van der Waals surface area (Å²) in [6, 6.07) is 30.3. The van der Waals surface area contributed by atoms with Gasteiger partial charge < -0.3 is 14.4 Å². The number of ether oxygens (including phenoxy) is 2. The minimum atomic E-state index is -0.252. The molecular formula is C27H29NO3. The average Bonchev–Trinajstić information content (AvgIpc) is 2.85. The Bertz CT molecular complexity index is 883. The number of carbonyl (C=O) groups excluding carboxylic acids is 1. The number of hydrogen-bond donors (Lipinski definition) is 0. The van der Waals surface area contributed by atoms with Crippen LogP contribution in [0.3, 0.4) is 0 Å². The van der Waals surface area contributed by atoms with Crippen LogP contribution >= 0.6 is 0 Å². The molecule has 1 amide bonds. The molecule has 1 heterocycles. The Labute approximate surface area is 184 Å². The van der Waals surface area contributed by atoms with Gasteiger partial charge in [0.2, 0.25) is 5.91 Å². The SMILES string of the molecule is O=C(COC(c1ccccc1)c1ccccc1)N1CCC(OCc2ccccc2)CC1. The highest BCUT2D eigenvalue weighted by Gasteiger charge is 2.24. The van der Waals surface area contributed by atoms with E-state index < -0.39 is 0 Å². The predicted molar refractivity (Wildman–Crippen MR) is 122 cm³/mol. The van der Waals surface area contributed by atoms with E-state index in [9.17, 15) is 4.79 Å². The fourth-order valence-electron chi connectivity index (χ4n) is 3.95. The molecule has 4 heteroatoms. The molecule has 0 bridgehead atoms. The van der Waals surface area contributed by atoms with Gasteiger partial charge in [0.15, 0.2) is 0 Å². The monoisotopic (exact) mass is 415 g/mol. The Kier molecular flexibility index (Phi) is 7.48. The molecule has 0 aliphatic carbocycles. The van der Waals surface area contributed by atoms with Crippen LogP contribution in [0.5, 0.6) is 0 Å². The molecule has 0 spiro atoms. The number of benzene rings is 3. The maximum atomic E-state index is 12.8. The topological polar surface area (TPSA) is 38.8 Å². The quantitative estimate of drug-likeness (QED) is 0.520. The van der Waals surface area contributed by atoms with Crippen LogP contribution in [0.4, 0.5) is 0 Å². The van der Waals surface area contributed by atoms with Crippen molar-refractivity contribution in [3.63, 3.8) is 0 Å². The van der Waals surface area contributed by atoms with E-state index in [0.29, 0.717) is 19.7 Å². The Morgan fingerprint density at radius 1 is 0.806 bits per heavy atom. The first-order valence-electron chi connectivity index (χ1n) is 10.9. The number of nitrogens with zero attached hydrogens (tertiary/aromatic N) is 1. The van der Waals surface area contributed by atoms with Crippen molar-refractivity contribution in [1.29, 1.82) is 0 Å². The third-order valence-corrected chi connectivity index (χ3v) is 5.70. The fraction of sp³-hybridized carbons (Fsp3) is 0.296. The predicted octanol–water partition coefficient (Wildman–Crippen LogP) is 5.00. The van der Waals surface area contributed by atoms with Crippen molar-refractivity contribution in [2.75, 3.05) is 19.7 Å². The van der Waals surface area contributed by atoms with Crippen LogP contribution < -0.4 is 0 Å². The summed E-state index contributed by atoms with van der Waals surface area (Å²) in [4.78, 5) is 14.7. The first-order valence-corrected chi connectivity index (χ1v) is 10.9. The summed E-state index contributed by atoms with van der Waals surface area (Å²) in [7, 11) is 0. The molecule has 31 heavy (non-hydrogen) atoms. The van der Waals surface area contributed by atoms with E-state index in [1.165, 1.54) is 5.56 Å². The molecule has 0 radical (unpaired) electrons. The molecule has 1 fully saturated rings. The number of carbonyl (C=O) groups is 1. The van der Waals surface area contributed by atoms with E-state index in [4.69, 9.17) is 9.47 Å². The van der Waals surface area contributed by atoms with Gasteiger partial charge >= 0.3 is 0 Å². The summed E-state index contributed by atoms with van der Waals surface area (Å²) in [5, 5.41) is 0. The zero-order valence-electron chi connectivity index (χ0n) is 17.7. The summed E-state index contributed by atoms with van der Waals surface area (Å²) in [6.07, 6.45) is 1.67. The Morgan fingerprint density at radius 3 is 1.87 bits per heavy atom. The smallest absolute Gasteiger partial charge is 0.248 e. The minimum Gasteiger partial charge on any atom is -0.373 e. The lowest BCUT2D eigenvalue weighted by molar-refractivity contribution is -0.140. The molecule has 4 nitrogen and oxygen atoms in total. The van der Waals surface area contributed by atoms with Gasteiger partial charge in [-0.1, -0.05) is 91.0 Å². The molecule has 0 unspecified atom stereocenters. The minimum absolute atomic E-state index is 0.0402. The third-order valence-electron chi connectivity index (χ3n) is 5.70. The highest BCUT2D eigenvalue weighted by molar-refractivity contribution is 5.77. The van der Waals surface area contributed by atoms with Gasteiger partial charge in [0.05, 0.1) is 12.7 Å². The molecule has 3 aromatic carbocycles. The van der Waals surface area contributed by atoms with Crippen molar-refractivity contribution in [2.45, 2.75) is 31.7 Å². The molecule has 1 saturated heterocycles. The van der Waals surface area contributed by atoms with Crippen LogP contribution in [0.15, 0.2) is 91.0 Å². The number of rotatable bonds is 8. The van der Waals surface area contributed by atoms with Crippen LogP contribution in [0.2, 0.25) is 0 Å². The number of amides is 1. The van der Waals surface area contributed by atoms with Crippen LogP contribution in [0.25, 0.3) is 0 Å². The molecule has 3 aromatic rings. The molecule has 4 rings (SSSR count). The Morgan fingerprint density at radius 2 is 1.32 bits per heavy atom. The van der Waals surface area contributed by atoms with Crippen molar-refractivity contribution in [2.24, 2.45) is 0 Å². The van der Waals surface area contributed by atoms with E-state index in [0.717, 1.165) is 24.0 Å². The third kappa shape index (κ3) is 6.03. The van der Waals surface area contributed by atoms with E-state index in [-0.39, 0.29) is 24.7 Å². The van der Waals surface area contributed by atoms with Gasteiger partial charge in [-0.2, -0.15) is 0 Å². The maximum Gasteiger partial charge on any atom is 0.248 e. The number of likely N-dealkylation sites (tertiary alicyclic amines) is 1. The first-order chi connectivity index (χ1) is 15.3. The molecule has 160 valence electrons. The molecule has 1 aliphatic rings. The summed E-state index contributed by atoms with van der Waals surface area (Å²) in [5.74, 6) is 0.0402. The first kappa shape index (κ1) is 21.3. The van der Waals surface area contributed by atoms with Crippen molar-refractivity contribution in [3.05, 3.63) is 108 Å². The second-order valence-corrected chi connectivity index (χ2v) is 7.89. The van der Waals surface area contributed by atoms with Crippen LogP contribution in [0, 0.1) is 0 Å². The zero-order chi connectivity index (χ0) is 21.3. The van der Waals surface area contributed by atoms with Crippen molar-refractivity contribution >= 4 is 5.91 Å². The Balaban J connectivity index is 1.28. The lowest BCUT2D eigenvalue weighted by Gasteiger charge is -2.32. The van der Waals surface area contributed by atoms with Crippen molar-refractivity contribution < 1.29 is 14.3 Å². The molecule has 0 saturated carbocycles. The highest BCUT2D eigenvalue weighted by Crippen LogP contribution is 2.26. The largest absolute Gasteiger partial charge is 0.373 e. The van der Waals surface area contributed by atoms with Crippen LogP contribution in [-0.4, -0.2) is 36.6 Å². The van der Waals surface area contributed by atoms with Gasteiger partial charge in [-0.3, -0.25) is 4.79 Å². The van der Waals surface area contributed by atoms with Gasteiger partial charge in [-0.05, 0) is 29.5 Å². The number of hydrogen-bond acceptors (Lipinski definition) is 3. The summed E-state index contributed by atoms with van der Waals surface area (Å²) in [5.41, 5.74) is 3.28. The van der Waals surface area contributed by atoms with E-state index in [1.807, 2.05) is 83.8 Å². The summed E-state index contributed by atoms with van der Waals surface area (Å²) < 4.78 is 12.2. The second-order valence-electron chi connectivity index (χ2n) is 7.89. The lowest BCUT2D eigenvalue weighted by Crippen LogP contribution is -2.42. The standard InChI is InChI=1S/C27H29NO3/c29-26(28-18-16-25(17-19-28)30-20-22-10-4-1-5-11-22)21-31-27(23-12-6-2-7-13-23)24-14-8-3-9-15-24/h1-15,25,27H,16-21H2. The van der Waals surface area contributed by atoms with Gasteiger partial charge in [0.1, 0.15) is 12.7 Å². The molecule has 0 aromatic heterocycles. The van der Waals surface area contributed by atoms with Gasteiger partial charge in [-0.25, -0.2) is 0 Å². The number of piperidine rings is 1. The van der Waals surface area contributed by atoms with Crippen LogP contribution in [-0.2, 0) is 20.9 Å². The summed E-state index contributed by atoms with van der Waals surface area (Å²) >= 11 is 0. The van der Waals surface area contributed by atoms with Gasteiger partial charge in [0, 0.05) is 13.1 Å². The van der Waals surface area contributed by atoms with Crippen molar-refractivity contribution in [1.82, 2.24) is 4.90 Å². The van der Waals surface area contributed by atoms with Gasteiger partial charge in [0.25, 0.3) is 0 Å². The molecular weight excluding hydrogens is 386 g/mol. The van der Waals surface area contributed by atoms with E-state index in [2.05, 4.69) is 12.1 Å². The Hall–Kier alpha value is -2.95. The van der Waals surface area contributed by atoms with Gasteiger partial charge in [-0.15, -0.1) is 0 Å². The second kappa shape index (κ2) is 10.9. The molecule has 0 atom stereocenters. The average molecular weight is 416 g/mol. The summed E-state index contributed by atoms with van der Waals surface area (Å²) in [6.45, 7) is 2.12. The highest BCUT2D eigenvalue weighted by atomic mass is 16.5. The van der Waals surface area contributed by atoms with E-state index >= 15 is 0 Å². The molecule has 0 N–H and O–H groups in total. The fourth-order valence-corrected chi connectivity index (χ4v) is 3.95. The lowest BCUT2D eigenvalue weighted by atomic mass is 10.0. The maximum absolute atomic E-state index is 12.8. The van der Waals surface area contributed by atoms with Crippen LogP contribution in [0.1, 0.15) is 35.6 Å². The van der Waals surface area contributed by atoms with E-state index in [1.54, 1.807) is 0 Å².